The van der Waals surface area contributed by atoms with Crippen LogP contribution in [0.5, 0.6) is 0 Å². The number of aryl methyl sites for hydroxylation is 2. The molecule has 0 bridgehead atoms. The van der Waals surface area contributed by atoms with Gasteiger partial charge in [0.1, 0.15) is 4.83 Å². The summed E-state index contributed by atoms with van der Waals surface area (Å²) in [6.07, 6.45) is 0. The maximum Gasteiger partial charge on any atom is 0.263 e. The number of halogens is 1. The van der Waals surface area contributed by atoms with Gasteiger partial charge < -0.3 is 5.32 Å². The Bertz CT molecular complexity index is 1100. The van der Waals surface area contributed by atoms with Crippen molar-refractivity contribution in [2.24, 2.45) is 0 Å². The fraction of sp³-hybridized carbons (Fsp3) is 0.350. The molecular weight excluding hydrogens is 414 g/mol. The Balaban J connectivity index is 1.94. The van der Waals surface area contributed by atoms with E-state index in [0.29, 0.717) is 21.3 Å². The first-order valence-electron chi connectivity index (χ1n) is 8.95. The van der Waals surface area contributed by atoms with Gasteiger partial charge in [-0.25, -0.2) is 4.98 Å². The molecule has 0 spiro atoms. The number of fused-ring (bicyclic) bond motifs is 1. The molecule has 1 amide bonds. The second-order valence-corrected chi connectivity index (χ2v) is 9.77. The van der Waals surface area contributed by atoms with Crippen LogP contribution in [0.1, 0.15) is 37.3 Å². The van der Waals surface area contributed by atoms with E-state index in [4.69, 9.17) is 16.6 Å². The second kappa shape index (κ2) is 8.27. The summed E-state index contributed by atoms with van der Waals surface area (Å²) in [6.45, 7) is 9.63. The first-order valence-corrected chi connectivity index (χ1v) is 11.0. The van der Waals surface area contributed by atoms with Gasteiger partial charge in [-0.2, -0.15) is 0 Å². The Labute approximate surface area is 177 Å². The molecule has 8 heteroatoms. The lowest BCUT2D eigenvalue weighted by Crippen LogP contribution is -2.28. The quantitative estimate of drug-likeness (QED) is 0.428. The lowest BCUT2D eigenvalue weighted by atomic mass is 10.2. The van der Waals surface area contributed by atoms with Crippen molar-refractivity contribution in [3.8, 4) is 0 Å². The molecular formula is C20H22ClN3O2S2. The molecule has 0 saturated heterocycles. The molecule has 2 heterocycles. The summed E-state index contributed by atoms with van der Waals surface area (Å²) in [5.41, 5.74) is 1.49. The van der Waals surface area contributed by atoms with Gasteiger partial charge in [0.2, 0.25) is 5.91 Å². The Kier molecular flexibility index (Phi) is 6.17. The van der Waals surface area contributed by atoms with E-state index in [9.17, 15) is 9.59 Å². The SMILES string of the molecule is Cc1sc2nc(SC(C)C(=O)Nc3ccccc3Cl)n(C(C)C)c(=O)c2c1C. The molecule has 1 atom stereocenters. The Morgan fingerprint density at radius 2 is 1.93 bits per heavy atom. The number of hydrogen-bond donors (Lipinski definition) is 1. The molecule has 28 heavy (non-hydrogen) atoms. The topological polar surface area (TPSA) is 64.0 Å². The number of rotatable bonds is 5. The zero-order valence-electron chi connectivity index (χ0n) is 16.4. The molecule has 0 radical (unpaired) electrons. The number of nitrogens with zero attached hydrogens (tertiary/aromatic N) is 2. The molecule has 0 aliphatic carbocycles. The van der Waals surface area contributed by atoms with Crippen molar-refractivity contribution < 1.29 is 4.79 Å². The summed E-state index contributed by atoms with van der Waals surface area (Å²) < 4.78 is 1.67. The largest absolute Gasteiger partial charge is 0.324 e. The molecule has 148 valence electrons. The second-order valence-electron chi connectivity index (χ2n) is 6.86. The van der Waals surface area contributed by atoms with Crippen LogP contribution in [-0.2, 0) is 4.79 Å². The van der Waals surface area contributed by atoms with Crippen LogP contribution in [0.4, 0.5) is 5.69 Å². The van der Waals surface area contributed by atoms with E-state index in [2.05, 4.69) is 5.32 Å². The van der Waals surface area contributed by atoms with Crippen LogP contribution < -0.4 is 10.9 Å². The summed E-state index contributed by atoms with van der Waals surface area (Å²) in [7, 11) is 0. The van der Waals surface area contributed by atoms with Crippen molar-refractivity contribution in [2.75, 3.05) is 5.32 Å². The number of thiophene rings is 1. The smallest absolute Gasteiger partial charge is 0.263 e. The normalized spacial score (nSPS) is 12.5. The number of nitrogens with one attached hydrogen (secondary N) is 1. The van der Waals surface area contributed by atoms with Crippen molar-refractivity contribution in [1.29, 1.82) is 0 Å². The highest BCUT2D eigenvalue weighted by atomic mass is 35.5. The first-order chi connectivity index (χ1) is 13.2. The molecule has 3 aromatic rings. The van der Waals surface area contributed by atoms with Crippen molar-refractivity contribution >= 4 is 56.5 Å². The third-order valence-corrected chi connectivity index (χ3v) is 7.00. The molecule has 0 aliphatic rings. The monoisotopic (exact) mass is 435 g/mol. The maximum absolute atomic E-state index is 13.1. The highest BCUT2D eigenvalue weighted by molar-refractivity contribution is 8.00. The minimum absolute atomic E-state index is 0.0527. The molecule has 1 N–H and O–H groups in total. The van der Waals surface area contributed by atoms with Crippen LogP contribution in [0.15, 0.2) is 34.2 Å². The van der Waals surface area contributed by atoms with Crippen LogP contribution in [0, 0.1) is 13.8 Å². The number of anilines is 1. The van der Waals surface area contributed by atoms with E-state index in [1.807, 2.05) is 39.8 Å². The molecule has 5 nitrogen and oxygen atoms in total. The number of thioether (sulfide) groups is 1. The van der Waals surface area contributed by atoms with E-state index in [0.717, 1.165) is 15.3 Å². The highest BCUT2D eigenvalue weighted by Gasteiger charge is 2.23. The highest BCUT2D eigenvalue weighted by Crippen LogP contribution is 2.31. The van der Waals surface area contributed by atoms with Gasteiger partial charge in [-0.1, -0.05) is 35.5 Å². The number of amides is 1. The van der Waals surface area contributed by atoms with Crippen molar-refractivity contribution in [1.82, 2.24) is 9.55 Å². The van der Waals surface area contributed by atoms with Crippen LogP contribution in [0.25, 0.3) is 10.2 Å². The van der Waals surface area contributed by atoms with Gasteiger partial charge in [0.05, 0.1) is 21.3 Å². The zero-order valence-corrected chi connectivity index (χ0v) is 18.8. The first kappa shape index (κ1) is 20.9. The van der Waals surface area contributed by atoms with E-state index < -0.39 is 5.25 Å². The summed E-state index contributed by atoms with van der Waals surface area (Å²) >= 11 is 8.92. The maximum atomic E-state index is 13.1. The third kappa shape index (κ3) is 3.97. The fourth-order valence-electron chi connectivity index (χ4n) is 2.83. The van der Waals surface area contributed by atoms with E-state index in [1.165, 1.54) is 23.1 Å². The average molecular weight is 436 g/mol. The minimum Gasteiger partial charge on any atom is -0.324 e. The summed E-state index contributed by atoms with van der Waals surface area (Å²) in [5.74, 6) is -0.193. The lowest BCUT2D eigenvalue weighted by molar-refractivity contribution is -0.115. The van der Waals surface area contributed by atoms with Gasteiger partial charge in [0, 0.05) is 10.9 Å². The molecule has 0 fully saturated rings. The van der Waals surface area contributed by atoms with Crippen LogP contribution in [0.2, 0.25) is 5.02 Å². The molecule has 0 saturated carbocycles. The summed E-state index contributed by atoms with van der Waals surface area (Å²) in [6, 6.07) is 7.03. The standard InChI is InChI=1S/C20H22ClN3O2S2/c1-10(2)24-19(26)16-11(3)12(4)27-18(16)23-20(24)28-13(5)17(25)22-15-9-7-6-8-14(15)21/h6-10,13H,1-5H3,(H,22,25). The average Bonchev–Trinajstić information content (AvgIpc) is 2.90. The number of carbonyl (C=O) groups is 1. The summed E-state index contributed by atoms with van der Waals surface area (Å²) in [5, 5.41) is 4.10. The van der Waals surface area contributed by atoms with Gasteiger partial charge in [-0.05, 0) is 52.3 Å². The lowest BCUT2D eigenvalue weighted by Gasteiger charge is -2.18. The van der Waals surface area contributed by atoms with Crippen molar-refractivity contribution in [3.63, 3.8) is 0 Å². The number of benzene rings is 1. The Morgan fingerprint density at radius 3 is 2.57 bits per heavy atom. The Hall–Kier alpha value is -1.83. The van der Waals surface area contributed by atoms with Gasteiger partial charge >= 0.3 is 0 Å². The molecule has 2 aromatic heterocycles. The van der Waals surface area contributed by atoms with Gasteiger partial charge in [0.25, 0.3) is 5.56 Å². The predicted octanol–water partition coefficient (Wildman–Crippen LogP) is 5.43. The van der Waals surface area contributed by atoms with E-state index in [-0.39, 0.29) is 17.5 Å². The molecule has 1 aromatic carbocycles. The number of carbonyl (C=O) groups excluding carboxylic acids is 1. The van der Waals surface area contributed by atoms with Gasteiger partial charge in [-0.3, -0.25) is 14.2 Å². The van der Waals surface area contributed by atoms with Crippen LogP contribution >= 0.6 is 34.7 Å². The van der Waals surface area contributed by atoms with E-state index >= 15 is 0 Å². The molecule has 0 aliphatic heterocycles. The zero-order chi connectivity index (χ0) is 20.6. The van der Waals surface area contributed by atoms with Gasteiger partial charge in [0.15, 0.2) is 5.16 Å². The summed E-state index contributed by atoms with van der Waals surface area (Å²) in [4.78, 5) is 32.3. The minimum atomic E-state index is -0.451. The molecule has 3 rings (SSSR count). The predicted molar refractivity (Wildman–Crippen MR) is 119 cm³/mol. The van der Waals surface area contributed by atoms with E-state index in [1.54, 1.807) is 23.6 Å². The van der Waals surface area contributed by atoms with Crippen LogP contribution in [-0.4, -0.2) is 20.7 Å². The van der Waals surface area contributed by atoms with Gasteiger partial charge in [-0.15, -0.1) is 11.3 Å². The number of aromatic nitrogens is 2. The third-order valence-electron chi connectivity index (χ3n) is 4.50. The van der Waals surface area contributed by atoms with Crippen molar-refractivity contribution in [3.05, 3.63) is 50.1 Å². The van der Waals surface area contributed by atoms with Crippen LogP contribution in [0.3, 0.4) is 0 Å². The van der Waals surface area contributed by atoms with Crippen molar-refractivity contribution in [2.45, 2.75) is 51.1 Å². The number of para-hydroxylation sites is 1. The number of hydrogen-bond acceptors (Lipinski definition) is 5. The fourth-order valence-corrected chi connectivity index (χ4v) is 5.13. The molecule has 1 unspecified atom stereocenters. The Morgan fingerprint density at radius 1 is 1.25 bits per heavy atom.